The summed E-state index contributed by atoms with van der Waals surface area (Å²) in [6, 6.07) is 0. The molecular formula is C24H36Y4-4. The molecule has 0 atom stereocenters. The molecule has 0 aromatic carbocycles. The van der Waals surface area contributed by atoms with E-state index >= 15 is 0 Å². The van der Waals surface area contributed by atoms with Gasteiger partial charge in [0, 0.05) is 131 Å². The van der Waals surface area contributed by atoms with Crippen molar-refractivity contribution in [2.24, 2.45) is 21.7 Å². The topological polar surface area (TPSA) is 0 Å². The van der Waals surface area contributed by atoms with Crippen LogP contribution in [0, 0.1) is 45.3 Å². The fraction of sp³-hybridized carbons (Fsp3) is 0.833. The van der Waals surface area contributed by atoms with Crippen LogP contribution >= 0.6 is 0 Å². The Bertz CT molecular complexity index is 393. The van der Waals surface area contributed by atoms with E-state index in [1.54, 1.807) is 0 Å². The van der Waals surface area contributed by atoms with Crippen molar-refractivity contribution in [2.45, 2.75) is 105 Å². The minimum atomic E-state index is 0. The molecule has 0 aromatic heterocycles. The standard InChI is InChI=1S/C14H24.C10H12.4Y/c1-11-5-12(2)8-13(3,6-11)10-14(4,7-11)9-12;1-7-2-9-4-8(1)5-10(3-7)6-9;;;;/h5-10H2,1-4H3;1-6H2;;;;/q;-4;;;;. The molecule has 8 bridgehead atoms. The molecule has 0 heterocycles. The largest absolute Gasteiger partial charge is 0.400 e. The Morgan fingerprint density at radius 1 is 0.357 bits per heavy atom. The average molecular weight is 680 g/mol. The first-order valence-corrected chi connectivity index (χ1v) is 10.5. The van der Waals surface area contributed by atoms with Crippen LogP contribution in [-0.2, 0) is 131 Å². The Balaban J connectivity index is 0.000000253. The van der Waals surface area contributed by atoms with E-state index in [1.165, 1.54) is 77.0 Å². The van der Waals surface area contributed by atoms with E-state index in [1.807, 2.05) is 23.7 Å². The van der Waals surface area contributed by atoms with E-state index in [9.17, 15) is 0 Å². The van der Waals surface area contributed by atoms with Gasteiger partial charge in [-0.2, -0.15) is 0 Å². The summed E-state index contributed by atoms with van der Waals surface area (Å²) in [5.41, 5.74) is 2.75. The molecule has 28 heavy (non-hydrogen) atoms. The molecule has 0 amide bonds. The monoisotopic (exact) mass is 680 g/mol. The van der Waals surface area contributed by atoms with Crippen molar-refractivity contribution in [1.82, 2.24) is 0 Å². The molecule has 8 saturated carbocycles. The van der Waals surface area contributed by atoms with Crippen LogP contribution < -0.4 is 0 Å². The van der Waals surface area contributed by atoms with Crippen molar-refractivity contribution < 1.29 is 131 Å². The minimum absolute atomic E-state index is 0. The molecule has 4 radical (unpaired) electrons. The van der Waals surface area contributed by atoms with Crippen LogP contribution in [0.1, 0.15) is 105 Å². The van der Waals surface area contributed by atoms with Gasteiger partial charge < -0.3 is 62.2 Å². The Morgan fingerprint density at radius 3 is 0.643 bits per heavy atom. The van der Waals surface area contributed by atoms with Gasteiger partial charge in [-0.05, 0) is 60.2 Å². The third-order valence-corrected chi connectivity index (χ3v) is 8.12. The Kier molecular flexibility index (Phi) is 11.5. The molecule has 0 unspecified atom stereocenters. The first kappa shape index (κ1) is 30.4. The summed E-state index contributed by atoms with van der Waals surface area (Å²) in [5, 5.41) is 0. The molecule has 8 fully saturated rings. The molecule has 0 aliphatic heterocycles. The van der Waals surface area contributed by atoms with Gasteiger partial charge >= 0.3 is 0 Å². The minimum Gasteiger partial charge on any atom is -0.400 e. The maximum atomic E-state index is 2.55. The number of rotatable bonds is 0. The van der Waals surface area contributed by atoms with E-state index in [-0.39, 0.29) is 131 Å². The van der Waals surface area contributed by atoms with Gasteiger partial charge in [-0.25, -0.2) is 0 Å². The van der Waals surface area contributed by atoms with E-state index in [4.69, 9.17) is 0 Å². The molecule has 0 nitrogen and oxygen atoms in total. The van der Waals surface area contributed by atoms with Gasteiger partial charge in [-0.15, -0.1) is 0 Å². The normalized spacial score (nSPS) is 45.9. The average Bonchev–Trinajstić information content (AvgIpc) is 2.29. The third-order valence-electron chi connectivity index (χ3n) is 8.12. The van der Waals surface area contributed by atoms with Crippen molar-refractivity contribution in [3.8, 4) is 0 Å². The van der Waals surface area contributed by atoms with Crippen LogP contribution in [0.4, 0.5) is 0 Å². The van der Waals surface area contributed by atoms with Crippen molar-refractivity contribution in [3.05, 3.63) is 23.7 Å². The second-order valence-electron chi connectivity index (χ2n) is 12.4. The van der Waals surface area contributed by atoms with Gasteiger partial charge in [0.05, 0.1) is 0 Å². The summed E-state index contributed by atoms with van der Waals surface area (Å²) >= 11 is 0. The van der Waals surface area contributed by atoms with Crippen molar-refractivity contribution >= 4 is 0 Å². The van der Waals surface area contributed by atoms with Gasteiger partial charge in [-0.3, -0.25) is 0 Å². The Hall–Kier alpha value is 4.42. The molecule has 8 aliphatic carbocycles. The molecular weight excluding hydrogens is 644 g/mol. The summed E-state index contributed by atoms with van der Waals surface area (Å²) in [6.07, 6.45) is 17.4. The second-order valence-corrected chi connectivity index (χ2v) is 12.4. The van der Waals surface area contributed by atoms with Crippen LogP contribution in [0.25, 0.3) is 0 Å². The van der Waals surface area contributed by atoms with Crippen LogP contribution in [0.5, 0.6) is 0 Å². The molecule has 0 N–H and O–H groups in total. The zero-order valence-corrected chi connectivity index (χ0v) is 30.1. The summed E-state index contributed by atoms with van der Waals surface area (Å²) in [7, 11) is 0. The second kappa shape index (κ2) is 10.6. The maximum Gasteiger partial charge on any atom is 0 e. The Labute approximate surface area is 276 Å². The van der Waals surface area contributed by atoms with Crippen LogP contribution in [0.15, 0.2) is 0 Å². The van der Waals surface area contributed by atoms with Crippen LogP contribution in [0.3, 0.4) is 0 Å². The summed E-state index contributed by atoms with van der Waals surface area (Å²) < 4.78 is 0. The quantitative estimate of drug-likeness (QED) is 0.241. The molecule has 148 valence electrons. The molecule has 8 rings (SSSR count). The van der Waals surface area contributed by atoms with E-state index in [0.29, 0.717) is 21.7 Å². The smallest absolute Gasteiger partial charge is 0 e. The zero-order valence-electron chi connectivity index (χ0n) is 18.8. The molecule has 0 aromatic rings. The number of hydrogen-bond acceptors (Lipinski definition) is 0. The van der Waals surface area contributed by atoms with E-state index in [0.717, 1.165) is 0 Å². The van der Waals surface area contributed by atoms with Gasteiger partial charge in [0.2, 0.25) is 0 Å². The molecule has 0 spiro atoms. The summed E-state index contributed by atoms with van der Waals surface area (Å²) in [6.45, 7) is 10.2. The predicted octanol–water partition coefficient (Wildman–Crippen LogP) is 7.05. The zero-order chi connectivity index (χ0) is 16.8. The molecule has 8 aliphatic rings. The summed E-state index contributed by atoms with van der Waals surface area (Å²) in [5.74, 6) is 7.29. The summed E-state index contributed by atoms with van der Waals surface area (Å²) in [4.78, 5) is 0. The Morgan fingerprint density at radius 2 is 0.500 bits per heavy atom. The molecule has 4 heteroatoms. The first-order valence-electron chi connectivity index (χ1n) is 10.5. The van der Waals surface area contributed by atoms with Crippen LogP contribution in [0.2, 0.25) is 0 Å². The number of hydrogen-bond donors (Lipinski definition) is 0. The predicted molar refractivity (Wildman–Crippen MR) is 101 cm³/mol. The third kappa shape index (κ3) is 6.34. The SMILES string of the molecule is C1[C-]2C[C-]3C[C-]1C[C-](C2)C3.CC12CC3(C)CC(C)(C1)CC(C)(C2)C3.[Y].[Y].[Y].[Y]. The van der Waals surface area contributed by atoms with E-state index < -0.39 is 0 Å². The van der Waals surface area contributed by atoms with Gasteiger partial charge in [0.1, 0.15) is 0 Å². The van der Waals surface area contributed by atoms with Crippen molar-refractivity contribution in [2.75, 3.05) is 0 Å². The fourth-order valence-corrected chi connectivity index (χ4v) is 9.80. The van der Waals surface area contributed by atoms with Crippen molar-refractivity contribution in [3.63, 3.8) is 0 Å². The van der Waals surface area contributed by atoms with Gasteiger partial charge in [-0.1, -0.05) is 27.7 Å². The van der Waals surface area contributed by atoms with Crippen LogP contribution in [-0.4, -0.2) is 0 Å². The maximum absolute atomic E-state index is 2.55. The van der Waals surface area contributed by atoms with Gasteiger partial charge in [0.15, 0.2) is 0 Å². The first-order chi connectivity index (χ1) is 11.1. The fourth-order valence-electron chi connectivity index (χ4n) is 9.80. The molecule has 0 saturated heterocycles. The van der Waals surface area contributed by atoms with Gasteiger partial charge in [0.25, 0.3) is 0 Å². The van der Waals surface area contributed by atoms with Crippen molar-refractivity contribution in [1.29, 1.82) is 0 Å². The van der Waals surface area contributed by atoms with E-state index in [2.05, 4.69) is 27.7 Å².